The van der Waals surface area contributed by atoms with Crippen molar-refractivity contribution in [3.63, 3.8) is 0 Å². The van der Waals surface area contributed by atoms with E-state index in [1.807, 2.05) is 24.3 Å². The predicted octanol–water partition coefficient (Wildman–Crippen LogP) is 1.51. The van der Waals surface area contributed by atoms with Gasteiger partial charge in [-0.2, -0.15) is 0 Å². The average Bonchev–Trinajstić information content (AvgIpc) is 2.38. The third-order valence-electron chi connectivity index (χ3n) is 2.83. The van der Waals surface area contributed by atoms with Crippen LogP contribution in [0.4, 0.5) is 0 Å². The maximum absolute atomic E-state index is 11.9. The van der Waals surface area contributed by atoms with Crippen molar-refractivity contribution in [1.82, 2.24) is 5.32 Å². The second-order valence-corrected chi connectivity index (χ2v) is 4.64. The molecule has 0 saturated heterocycles. The fourth-order valence-corrected chi connectivity index (χ4v) is 1.66. The zero-order valence-corrected chi connectivity index (χ0v) is 11.3. The Hall–Kier alpha value is -1.39. The van der Waals surface area contributed by atoms with Crippen molar-refractivity contribution in [2.75, 3.05) is 20.3 Å². The average molecular weight is 250 g/mol. The van der Waals surface area contributed by atoms with E-state index in [1.54, 1.807) is 7.11 Å². The Morgan fingerprint density at radius 1 is 1.33 bits per heavy atom. The molecule has 0 bridgehead atoms. The maximum atomic E-state index is 11.9. The number of carbonyl (C=O) groups is 1. The van der Waals surface area contributed by atoms with Crippen LogP contribution in [0.2, 0.25) is 0 Å². The van der Waals surface area contributed by atoms with Crippen LogP contribution < -0.4 is 11.1 Å². The molecule has 3 N–H and O–H groups in total. The molecular weight excluding hydrogens is 228 g/mol. The summed E-state index contributed by atoms with van der Waals surface area (Å²) in [6, 6.07) is 7.49. The molecule has 1 atom stereocenters. The van der Waals surface area contributed by atoms with Crippen LogP contribution in [-0.4, -0.2) is 32.2 Å². The van der Waals surface area contributed by atoms with Crippen LogP contribution in [0.3, 0.4) is 0 Å². The summed E-state index contributed by atoms with van der Waals surface area (Å²) in [7, 11) is 1.59. The molecule has 18 heavy (non-hydrogen) atoms. The topological polar surface area (TPSA) is 64.3 Å². The van der Waals surface area contributed by atoms with Gasteiger partial charge in [-0.25, -0.2) is 0 Å². The fourth-order valence-electron chi connectivity index (χ4n) is 1.66. The minimum Gasteiger partial charge on any atom is -0.383 e. The van der Waals surface area contributed by atoms with Crippen molar-refractivity contribution in [3.05, 3.63) is 35.4 Å². The highest BCUT2D eigenvalue weighted by Gasteiger charge is 2.12. The van der Waals surface area contributed by atoms with Crippen LogP contribution in [0.25, 0.3) is 0 Å². The maximum Gasteiger partial charge on any atom is 0.251 e. The van der Waals surface area contributed by atoms with Crippen LogP contribution in [0, 0.1) is 0 Å². The minimum atomic E-state index is -0.146. The number of hydrogen-bond donors (Lipinski definition) is 2. The van der Waals surface area contributed by atoms with Gasteiger partial charge in [0.25, 0.3) is 5.91 Å². The van der Waals surface area contributed by atoms with Gasteiger partial charge in [-0.05, 0) is 23.6 Å². The summed E-state index contributed by atoms with van der Waals surface area (Å²) in [6.45, 7) is 5.03. The van der Waals surface area contributed by atoms with Gasteiger partial charge < -0.3 is 15.8 Å². The highest BCUT2D eigenvalue weighted by atomic mass is 16.5. The van der Waals surface area contributed by atoms with E-state index in [-0.39, 0.29) is 11.9 Å². The predicted molar refractivity (Wildman–Crippen MR) is 72.7 cm³/mol. The molecule has 0 fully saturated rings. The van der Waals surface area contributed by atoms with Crippen molar-refractivity contribution >= 4 is 5.91 Å². The van der Waals surface area contributed by atoms with E-state index in [9.17, 15) is 4.79 Å². The monoisotopic (exact) mass is 250 g/mol. The number of ether oxygens (including phenoxy) is 1. The first-order valence-corrected chi connectivity index (χ1v) is 6.18. The van der Waals surface area contributed by atoms with Crippen LogP contribution in [0.15, 0.2) is 24.3 Å². The van der Waals surface area contributed by atoms with Crippen LogP contribution in [0.1, 0.15) is 35.7 Å². The molecule has 0 aliphatic rings. The van der Waals surface area contributed by atoms with Crippen molar-refractivity contribution in [2.45, 2.75) is 25.8 Å². The molecule has 4 nitrogen and oxygen atoms in total. The molecule has 1 aromatic rings. The lowest BCUT2D eigenvalue weighted by molar-refractivity contribution is 0.0900. The largest absolute Gasteiger partial charge is 0.383 e. The van der Waals surface area contributed by atoms with E-state index >= 15 is 0 Å². The zero-order valence-electron chi connectivity index (χ0n) is 11.3. The number of methoxy groups -OCH3 is 1. The van der Waals surface area contributed by atoms with Gasteiger partial charge in [0.05, 0.1) is 12.6 Å². The molecule has 0 radical (unpaired) electrons. The van der Waals surface area contributed by atoms with Gasteiger partial charge >= 0.3 is 0 Å². The van der Waals surface area contributed by atoms with Gasteiger partial charge in [-0.1, -0.05) is 26.0 Å². The third-order valence-corrected chi connectivity index (χ3v) is 2.83. The summed E-state index contributed by atoms with van der Waals surface area (Å²) < 4.78 is 4.99. The normalized spacial score (nSPS) is 12.5. The smallest absolute Gasteiger partial charge is 0.251 e. The van der Waals surface area contributed by atoms with Crippen LogP contribution >= 0.6 is 0 Å². The van der Waals surface area contributed by atoms with Gasteiger partial charge in [0.15, 0.2) is 0 Å². The van der Waals surface area contributed by atoms with E-state index in [4.69, 9.17) is 10.5 Å². The lowest BCUT2D eigenvalue weighted by Crippen LogP contribution is -2.43. The van der Waals surface area contributed by atoms with Gasteiger partial charge in [-0.15, -0.1) is 0 Å². The van der Waals surface area contributed by atoms with Crippen molar-refractivity contribution in [2.24, 2.45) is 5.73 Å². The Balaban J connectivity index is 2.66. The Morgan fingerprint density at radius 3 is 2.39 bits per heavy atom. The van der Waals surface area contributed by atoms with E-state index in [0.717, 1.165) is 0 Å². The number of rotatable bonds is 6. The van der Waals surface area contributed by atoms with E-state index in [2.05, 4.69) is 19.2 Å². The molecule has 100 valence electrons. The van der Waals surface area contributed by atoms with Crippen LogP contribution in [0.5, 0.6) is 0 Å². The number of carbonyl (C=O) groups excluding carboxylic acids is 1. The van der Waals surface area contributed by atoms with Gasteiger partial charge in [-0.3, -0.25) is 4.79 Å². The summed E-state index contributed by atoms with van der Waals surface area (Å²) in [5.74, 6) is 0.352. The minimum absolute atomic E-state index is 0.113. The molecule has 1 amide bonds. The molecule has 0 saturated carbocycles. The molecule has 0 spiro atoms. The number of nitrogens with one attached hydrogen (secondary N) is 1. The number of hydrogen-bond acceptors (Lipinski definition) is 3. The molecule has 0 aliphatic heterocycles. The van der Waals surface area contributed by atoms with Gasteiger partial charge in [0.1, 0.15) is 0 Å². The molecule has 4 heteroatoms. The van der Waals surface area contributed by atoms with E-state index in [0.29, 0.717) is 24.6 Å². The molecule has 0 aromatic heterocycles. The third kappa shape index (κ3) is 4.13. The first-order chi connectivity index (χ1) is 8.58. The summed E-state index contributed by atoms with van der Waals surface area (Å²) in [5.41, 5.74) is 7.42. The van der Waals surface area contributed by atoms with E-state index in [1.165, 1.54) is 5.56 Å². The van der Waals surface area contributed by atoms with E-state index < -0.39 is 0 Å². The molecule has 1 aromatic carbocycles. The number of nitrogens with two attached hydrogens (primary N) is 1. The number of benzene rings is 1. The Morgan fingerprint density at radius 2 is 1.94 bits per heavy atom. The van der Waals surface area contributed by atoms with Crippen molar-refractivity contribution in [1.29, 1.82) is 0 Å². The van der Waals surface area contributed by atoms with Crippen LogP contribution in [-0.2, 0) is 4.74 Å². The first-order valence-electron chi connectivity index (χ1n) is 6.18. The standard InChI is InChI=1S/C14H22N2O2/c1-10(2)11-4-6-12(7-5-11)14(17)16-13(8-15)9-18-3/h4-7,10,13H,8-9,15H2,1-3H3,(H,16,17). The first kappa shape index (κ1) is 14.7. The van der Waals surface area contributed by atoms with Crippen molar-refractivity contribution in [3.8, 4) is 0 Å². The summed E-state index contributed by atoms with van der Waals surface area (Å²) >= 11 is 0. The second kappa shape index (κ2) is 7.13. The number of amides is 1. The fraction of sp³-hybridized carbons (Fsp3) is 0.500. The summed E-state index contributed by atoms with van der Waals surface area (Å²) in [4.78, 5) is 11.9. The summed E-state index contributed by atoms with van der Waals surface area (Å²) in [5, 5.41) is 2.84. The van der Waals surface area contributed by atoms with Gasteiger partial charge in [0.2, 0.25) is 0 Å². The molecule has 0 aliphatic carbocycles. The lowest BCUT2D eigenvalue weighted by Gasteiger charge is -2.16. The molecule has 0 heterocycles. The Kier molecular flexibility index (Phi) is 5.82. The molecule has 1 unspecified atom stereocenters. The molecule has 1 rings (SSSR count). The quantitative estimate of drug-likeness (QED) is 0.804. The highest BCUT2D eigenvalue weighted by Crippen LogP contribution is 2.14. The lowest BCUT2D eigenvalue weighted by atomic mass is 10.0. The zero-order chi connectivity index (χ0) is 13.5. The highest BCUT2D eigenvalue weighted by molar-refractivity contribution is 5.94. The van der Waals surface area contributed by atoms with Gasteiger partial charge in [0, 0.05) is 19.2 Å². The van der Waals surface area contributed by atoms with Crippen molar-refractivity contribution < 1.29 is 9.53 Å². The summed E-state index contributed by atoms with van der Waals surface area (Å²) in [6.07, 6.45) is 0. The Bertz CT molecular complexity index is 374. The molecular formula is C14H22N2O2. The Labute approximate surface area is 109 Å². The SMILES string of the molecule is COCC(CN)NC(=O)c1ccc(C(C)C)cc1. The second-order valence-electron chi connectivity index (χ2n) is 4.64.